The van der Waals surface area contributed by atoms with E-state index in [-0.39, 0.29) is 11.9 Å². The molecule has 1 N–H and O–H groups in total. The molecule has 1 unspecified atom stereocenters. The highest BCUT2D eigenvalue weighted by molar-refractivity contribution is 5.33. The molecule has 1 fully saturated rings. The van der Waals surface area contributed by atoms with E-state index in [1.54, 1.807) is 10.9 Å². The largest absolute Gasteiger partial charge is 0.454 e. The Balaban J connectivity index is 1.74. The SMILES string of the molecule is FC(F)(F)c1cccc(Oc2cnn(C3CCCN3)c2)c1. The third-order valence-electron chi connectivity index (χ3n) is 3.33. The number of nitrogens with one attached hydrogen (secondary N) is 1. The van der Waals surface area contributed by atoms with E-state index in [1.165, 1.54) is 18.3 Å². The van der Waals surface area contributed by atoms with E-state index < -0.39 is 11.7 Å². The summed E-state index contributed by atoms with van der Waals surface area (Å²) >= 11 is 0. The lowest BCUT2D eigenvalue weighted by Crippen LogP contribution is -2.19. The van der Waals surface area contributed by atoms with Gasteiger partial charge in [-0.15, -0.1) is 0 Å². The summed E-state index contributed by atoms with van der Waals surface area (Å²) in [6, 6.07) is 4.80. The predicted molar refractivity (Wildman–Crippen MR) is 70.0 cm³/mol. The van der Waals surface area contributed by atoms with Crippen LogP contribution in [0.4, 0.5) is 13.2 Å². The predicted octanol–water partition coefficient (Wildman–Crippen LogP) is 3.58. The fraction of sp³-hybridized carbons (Fsp3) is 0.357. The van der Waals surface area contributed by atoms with Gasteiger partial charge in [0.05, 0.1) is 18.0 Å². The van der Waals surface area contributed by atoms with Crippen molar-refractivity contribution in [2.24, 2.45) is 0 Å². The molecular weight excluding hydrogens is 283 g/mol. The number of nitrogens with zero attached hydrogens (tertiary/aromatic N) is 2. The van der Waals surface area contributed by atoms with Crippen LogP contribution in [0, 0.1) is 0 Å². The Bertz CT molecular complexity index is 618. The second-order valence-electron chi connectivity index (χ2n) is 4.90. The van der Waals surface area contributed by atoms with Crippen LogP contribution < -0.4 is 10.1 Å². The van der Waals surface area contributed by atoms with E-state index in [0.717, 1.165) is 31.5 Å². The van der Waals surface area contributed by atoms with Crippen LogP contribution in [-0.2, 0) is 6.18 Å². The lowest BCUT2D eigenvalue weighted by molar-refractivity contribution is -0.137. The number of halogens is 3. The molecule has 2 heterocycles. The molecule has 0 radical (unpaired) electrons. The molecular formula is C14H14F3N3O. The summed E-state index contributed by atoms with van der Waals surface area (Å²) in [6.07, 6.45) is 0.990. The molecule has 1 saturated heterocycles. The summed E-state index contributed by atoms with van der Waals surface area (Å²) in [5, 5.41) is 7.45. The Kier molecular flexibility index (Phi) is 3.59. The van der Waals surface area contributed by atoms with E-state index in [0.29, 0.717) is 5.75 Å². The molecule has 2 aromatic rings. The Hall–Kier alpha value is -2.02. The quantitative estimate of drug-likeness (QED) is 0.941. The number of aromatic nitrogens is 2. The Morgan fingerprint density at radius 1 is 1.29 bits per heavy atom. The number of hydrogen-bond donors (Lipinski definition) is 1. The van der Waals surface area contributed by atoms with Gasteiger partial charge in [-0.05, 0) is 37.6 Å². The van der Waals surface area contributed by atoms with Crippen molar-refractivity contribution in [3.8, 4) is 11.5 Å². The molecule has 1 aromatic carbocycles. The van der Waals surface area contributed by atoms with Crippen LogP contribution in [0.5, 0.6) is 11.5 Å². The summed E-state index contributed by atoms with van der Waals surface area (Å²) in [5.41, 5.74) is -0.732. The van der Waals surface area contributed by atoms with Crippen molar-refractivity contribution in [2.45, 2.75) is 25.2 Å². The second-order valence-corrected chi connectivity index (χ2v) is 4.90. The van der Waals surface area contributed by atoms with Crippen molar-refractivity contribution in [1.29, 1.82) is 0 Å². The van der Waals surface area contributed by atoms with E-state index in [2.05, 4.69) is 10.4 Å². The Morgan fingerprint density at radius 2 is 2.14 bits per heavy atom. The molecule has 0 amide bonds. The van der Waals surface area contributed by atoms with Crippen molar-refractivity contribution in [3.05, 3.63) is 42.2 Å². The van der Waals surface area contributed by atoms with Crippen LogP contribution in [0.2, 0.25) is 0 Å². The Morgan fingerprint density at radius 3 is 2.86 bits per heavy atom. The summed E-state index contributed by atoms with van der Waals surface area (Å²) in [4.78, 5) is 0. The zero-order chi connectivity index (χ0) is 14.9. The molecule has 1 atom stereocenters. The number of benzene rings is 1. The molecule has 112 valence electrons. The summed E-state index contributed by atoms with van der Waals surface area (Å²) in [7, 11) is 0. The van der Waals surface area contributed by atoms with Gasteiger partial charge in [-0.1, -0.05) is 6.07 Å². The van der Waals surface area contributed by atoms with Crippen molar-refractivity contribution in [2.75, 3.05) is 6.54 Å². The highest BCUT2D eigenvalue weighted by Gasteiger charge is 2.30. The number of ether oxygens (including phenoxy) is 1. The molecule has 3 rings (SSSR count). The van der Waals surface area contributed by atoms with Gasteiger partial charge in [0.1, 0.15) is 11.9 Å². The normalized spacial score (nSPS) is 18.9. The third kappa shape index (κ3) is 3.18. The fourth-order valence-corrected chi connectivity index (χ4v) is 2.31. The van der Waals surface area contributed by atoms with Crippen LogP contribution in [0.15, 0.2) is 36.7 Å². The monoisotopic (exact) mass is 297 g/mol. The lowest BCUT2D eigenvalue weighted by atomic mass is 10.2. The average molecular weight is 297 g/mol. The molecule has 0 saturated carbocycles. The Labute approximate surface area is 119 Å². The topological polar surface area (TPSA) is 39.1 Å². The summed E-state index contributed by atoms with van der Waals surface area (Å²) in [6.45, 7) is 0.939. The van der Waals surface area contributed by atoms with Gasteiger partial charge in [0.2, 0.25) is 0 Å². The van der Waals surface area contributed by atoms with E-state index in [1.807, 2.05) is 0 Å². The highest BCUT2D eigenvalue weighted by Crippen LogP contribution is 2.32. The minimum Gasteiger partial charge on any atom is -0.454 e. The standard InChI is InChI=1S/C14H14F3N3O/c15-14(16,17)10-3-1-4-11(7-10)21-12-8-19-20(9-12)13-5-2-6-18-13/h1,3-4,7-9,13,18H,2,5-6H2. The zero-order valence-corrected chi connectivity index (χ0v) is 11.1. The van der Waals surface area contributed by atoms with Gasteiger partial charge in [-0.3, -0.25) is 10.00 Å². The van der Waals surface area contributed by atoms with Crippen molar-refractivity contribution < 1.29 is 17.9 Å². The van der Waals surface area contributed by atoms with Crippen molar-refractivity contribution in [1.82, 2.24) is 15.1 Å². The van der Waals surface area contributed by atoms with E-state index in [9.17, 15) is 13.2 Å². The van der Waals surface area contributed by atoms with E-state index in [4.69, 9.17) is 4.74 Å². The first-order chi connectivity index (χ1) is 10.0. The molecule has 1 aliphatic rings. The summed E-state index contributed by atoms with van der Waals surface area (Å²) < 4.78 is 45.1. The molecule has 0 aliphatic carbocycles. The van der Waals surface area contributed by atoms with Crippen molar-refractivity contribution >= 4 is 0 Å². The lowest BCUT2D eigenvalue weighted by Gasteiger charge is -2.10. The first-order valence-corrected chi connectivity index (χ1v) is 6.65. The van der Waals surface area contributed by atoms with Gasteiger partial charge in [0.15, 0.2) is 5.75 Å². The van der Waals surface area contributed by atoms with Gasteiger partial charge < -0.3 is 4.74 Å². The molecule has 7 heteroatoms. The molecule has 1 aromatic heterocycles. The van der Waals surface area contributed by atoms with Gasteiger partial charge in [-0.25, -0.2) is 0 Å². The van der Waals surface area contributed by atoms with Crippen LogP contribution in [0.1, 0.15) is 24.6 Å². The maximum absolute atomic E-state index is 12.6. The highest BCUT2D eigenvalue weighted by atomic mass is 19.4. The first-order valence-electron chi connectivity index (χ1n) is 6.65. The summed E-state index contributed by atoms with van der Waals surface area (Å²) in [5.74, 6) is 0.562. The number of hydrogen-bond acceptors (Lipinski definition) is 3. The fourth-order valence-electron chi connectivity index (χ4n) is 2.31. The zero-order valence-electron chi connectivity index (χ0n) is 11.1. The maximum atomic E-state index is 12.6. The van der Waals surface area contributed by atoms with E-state index >= 15 is 0 Å². The molecule has 0 spiro atoms. The molecule has 1 aliphatic heterocycles. The molecule has 0 bridgehead atoms. The van der Waals surface area contributed by atoms with Crippen LogP contribution in [0.25, 0.3) is 0 Å². The number of rotatable bonds is 3. The van der Waals surface area contributed by atoms with Crippen LogP contribution in [-0.4, -0.2) is 16.3 Å². The minimum absolute atomic E-state index is 0.129. The average Bonchev–Trinajstić information content (AvgIpc) is 3.08. The first kappa shape index (κ1) is 13.9. The van der Waals surface area contributed by atoms with Crippen LogP contribution in [0.3, 0.4) is 0 Å². The second kappa shape index (κ2) is 5.40. The molecule has 21 heavy (non-hydrogen) atoms. The maximum Gasteiger partial charge on any atom is 0.416 e. The smallest absolute Gasteiger partial charge is 0.416 e. The third-order valence-corrected chi connectivity index (χ3v) is 3.33. The number of alkyl halides is 3. The molecule has 4 nitrogen and oxygen atoms in total. The van der Waals surface area contributed by atoms with Gasteiger partial charge >= 0.3 is 6.18 Å². The van der Waals surface area contributed by atoms with Gasteiger partial charge in [0, 0.05) is 0 Å². The van der Waals surface area contributed by atoms with Crippen molar-refractivity contribution in [3.63, 3.8) is 0 Å². The minimum atomic E-state index is -4.38. The van der Waals surface area contributed by atoms with Gasteiger partial charge in [0.25, 0.3) is 0 Å². The van der Waals surface area contributed by atoms with Gasteiger partial charge in [-0.2, -0.15) is 18.3 Å². The van der Waals surface area contributed by atoms with Crippen LogP contribution >= 0.6 is 0 Å².